The highest BCUT2D eigenvalue weighted by atomic mass is 16.5. The number of rotatable bonds is 18. The molecular weight excluding hydrogens is 574 g/mol. The summed E-state index contributed by atoms with van der Waals surface area (Å²) >= 11 is 0. The second kappa shape index (κ2) is 18.1. The molecular formula is C28H45N9O7. The molecule has 44 heavy (non-hydrogen) atoms. The van der Waals surface area contributed by atoms with Crippen LogP contribution in [0.3, 0.4) is 0 Å². The summed E-state index contributed by atoms with van der Waals surface area (Å²) in [7, 11) is 0. The summed E-state index contributed by atoms with van der Waals surface area (Å²) < 4.78 is 0. The van der Waals surface area contributed by atoms with E-state index in [0.29, 0.717) is 32.5 Å². The Balaban J connectivity index is 1.31. The molecule has 0 bridgehead atoms. The van der Waals surface area contributed by atoms with Crippen LogP contribution >= 0.6 is 0 Å². The number of aliphatic carboxylic acids is 1. The van der Waals surface area contributed by atoms with Gasteiger partial charge < -0.3 is 26.4 Å². The van der Waals surface area contributed by atoms with Crippen LogP contribution in [0.1, 0.15) is 68.1 Å². The first-order chi connectivity index (χ1) is 21.2. The molecule has 16 nitrogen and oxygen atoms in total. The van der Waals surface area contributed by atoms with E-state index in [2.05, 4.69) is 37.2 Å². The van der Waals surface area contributed by atoms with E-state index in [1.807, 2.05) is 0 Å². The van der Waals surface area contributed by atoms with Crippen LogP contribution in [0.4, 0.5) is 5.69 Å². The van der Waals surface area contributed by atoms with Crippen LogP contribution in [-0.4, -0.2) is 90.1 Å². The summed E-state index contributed by atoms with van der Waals surface area (Å²) in [5.41, 5.74) is 8.38. The summed E-state index contributed by atoms with van der Waals surface area (Å²) in [5, 5.41) is 38.8. The number of carboxylic acid groups (broad SMARTS) is 1. The Hall–Kier alpha value is -3.83. The number of nitrogens with one attached hydrogen (secondary N) is 8. The predicted octanol–water partition coefficient (Wildman–Crippen LogP) is -1.37. The van der Waals surface area contributed by atoms with Crippen molar-refractivity contribution in [2.45, 2.75) is 88.4 Å². The Morgan fingerprint density at radius 3 is 2.36 bits per heavy atom. The first kappa shape index (κ1) is 34.7. The van der Waals surface area contributed by atoms with Gasteiger partial charge in [-0.15, -0.1) is 0 Å². The third-order valence-corrected chi connectivity index (χ3v) is 7.51. The molecule has 5 atom stereocenters. The van der Waals surface area contributed by atoms with Crippen molar-refractivity contribution in [2.75, 3.05) is 25.0 Å². The zero-order valence-corrected chi connectivity index (χ0v) is 24.7. The van der Waals surface area contributed by atoms with Gasteiger partial charge in [-0.25, -0.2) is 10.3 Å². The number of benzene rings is 1. The molecule has 2 fully saturated rings. The lowest BCUT2D eigenvalue weighted by Crippen LogP contribution is -2.78. The maximum Gasteiger partial charge on any atom is 0.326 e. The van der Waals surface area contributed by atoms with E-state index in [4.69, 9.17) is 10.9 Å². The number of carbonyl (C=O) groups is 5. The number of carbonyl (C=O) groups excluding carboxylic acids is 4. The fraction of sp³-hybridized carbons (Fsp3) is 0.607. The van der Waals surface area contributed by atoms with Crippen molar-refractivity contribution in [3.63, 3.8) is 0 Å². The van der Waals surface area contributed by atoms with Gasteiger partial charge in [0, 0.05) is 49.8 Å². The molecule has 12 N–H and O–H groups in total. The number of amides is 4. The van der Waals surface area contributed by atoms with Crippen molar-refractivity contribution in [1.82, 2.24) is 37.4 Å². The van der Waals surface area contributed by atoms with Gasteiger partial charge >= 0.3 is 5.97 Å². The molecule has 0 saturated carbocycles. The quantitative estimate of drug-likeness (QED) is 0.0518. The van der Waals surface area contributed by atoms with Gasteiger partial charge in [-0.1, -0.05) is 25.7 Å². The topological polar surface area (TPSA) is 248 Å². The highest BCUT2D eigenvalue weighted by Gasteiger charge is 2.39. The average Bonchev–Trinajstić information content (AvgIpc) is 3.01. The molecule has 2 aliphatic heterocycles. The third-order valence-electron chi connectivity index (χ3n) is 7.51. The van der Waals surface area contributed by atoms with Gasteiger partial charge in [0.2, 0.25) is 17.7 Å². The molecule has 0 radical (unpaired) electrons. The Labute approximate surface area is 256 Å². The van der Waals surface area contributed by atoms with Gasteiger partial charge in [-0.05, 0) is 43.5 Å². The fourth-order valence-corrected chi connectivity index (χ4v) is 5.03. The Bertz CT molecular complexity index is 1120. The Morgan fingerprint density at radius 2 is 1.66 bits per heavy atom. The van der Waals surface area contributed by atoms with Crippen LogP contribution in [0.15, 0.2) is 24.3 Å². The molecule has 1 aromatic carbocycles. The second-order valence-electron chi connectivity index (χ2n) is 11.0. The first-order valence-electron chi connectivity index (χ1n) is 15.0. The van der Waals surface area contributed by atoms with Gasteiger partial charge in [0.25, 0.3) is 5.91 Å². The molecule has 244 valence electrons. The SMILES string of the molecule is NC1NC(=O)C2NC(CNc3ccc(C(=O)N[C@@H](CCC(=O)NCCCCCCCCC(=O)NO)C(=O)O)cc3)CNC2N1. The molecule has 0 aromatic heterocycles. The summed E-state index contributed by atoms with van der Waals surface area (Å²) in [6, 6.07) is 4.86. The van der Waals surface area contributed by atoms with E-state index in [0.717, 1.165) is 37.8 Å². The van der Waals surface area contributed by atoms with Crippen molar-refractivity contribution in [2.24, 2.45) is 5.73 Å². The lowest BCUT2D eigenvalue weighted by Gasteiger charge is -2.42. The van der Waals surface area contributed by atoms with Crippen LogP contribution in [-0.2, 0) is 19.2 Å². The van der Waals surface area contributed by atoms with Crippen LogP contribution in [0.2, 0.25) is 0 Å². The number of hydrogen-bond donors (Lipinski definition) is 11. The van der Waals surface area contributed by atoms with E-state index in [9.17, 15) is 29.1 Å². The minimum Gasteiger partial charge on any atom is -0.480 e. The van der Waals surface area contributed by atoms with E-state index in [1.54, 1.807) is 29.7 Å². The lowest BCUT2D eigenvalue weighted by atomic mass is 10.1. The molecule has 0 aliphatic carbocycles. The van der Waals surface area contributed by atoms with Crippen molar-refractivity contribution in [3.8, 4) is 0 Å². The summed E-state index contributed by atoms with van der Waals surface area (Å²) in [6.07, 6.45) is 4.57. The fourth-order valence-electron chi connectivity index (χ4n) is 5.03. The van der Waals surface area contributed by atoms with Crippen LogP contribution in [0.5, 0.6) is 0 Å². The maximum atomic E-state index is 12.7. The van der Waals surface area contributed by atoms with E-state index >= 15 is 0 Å². The van der Waals surface area contributed by atoms with Gasteiger partial charge in [0.15, 0.2) is 0 Å². The number of carboxylic acids is 1. The van der Waals surface area contributed by atoms with Crippen molar-refractivity contribution < 1.29 is 34.3 Å². The molecule has 1 aromatic rings. The minimum absolute atomic E-state index is 0.0385. The largest absolute Gasteiger partial charge is 0.480 e. The van der Waals surface area contributed by atoms with E-state index < -0.39 is 30.2 Å². The molecule has 4 unspecified atom stereocenters. The lowest BCUT2D eigenvalue weighted by molar-refractivity contribution is -0.139. The molecule has 2 aliphatic rings. The summed E-state index contributed by atoms with van der Waals surface area (Å²) in [6.45, 7) is 1.59. The Morgan fingerprint density at radius 1 is 0.955 bits per heavy atom. The van der Waals surface area contributed by atoms with Crippen LogP contribution in [0.25, 0.3) is 0 Å². The molecule has 3 rings (SSSR count). The first-order valence-corrected chi connectivity index (χ1v) is 15.0. The van der Waals surface area contributed by atoms with Gasteiger partial charge in [-0.2, -0.15) is 0 Å². The van der Waals surface area contributed by atoms with E-state index in [-0.39, 0.29) is 48.3 Å². The van der Waals surface area contributed by atoms with Gasteiger partial charge in [-0.3, -0.25) is 46.1 Å². The van der Waals surface area contributed by atoms with Crippen LogP contribution in [0, 0.1) is 0 Å². The predicted molar refractivity (Wildman–Crippen MR) is 160 cm³/mol. The number of fused-ring (bicyclic) bond motifs is 1. The number of hydroxylamine groups is 1. The molecule has 16 heteroatoms. The highest BCUT2D eigenvalue weighted by molar-refractivity contribution is 5.97. The van der Waals surface area contributed by atoms with Crippen LogP contribution < -0.4 is 48.4 Å². The summed E-state index contributed by atoms with van der Waals surface area (Å²) in [5.74, 6) is -2.63. The third kappa shape index (κ3) is 11.7. The number of unbranched alkanes of at least 4 members (excludes halogenated alkanes) is 5. The van der Waals surface area contributed by atoms with Crippen molar-refractivity contribution >= 4 is 35.3 Å². The molecule has 4 amide bonds. The Kier molecular flexibility index (Phi) is 14.2. The standard InChI is InChI=1S/C28H45N9O7/c29-28-35-24-23(26(41)36-28)33-19(16-32-24)15-31-18-10-8-17(9-11-18)25(40)34-20(27(42)43)12-13-21(38)30-14-6-4-2-1-3-5-7-22(39)37-44/h8-11,19-20,23-24,28,31-33,35,44H,1-7,12-16,29H2,(H,30,38)(H,34,40)(H,36,41)(H,37,39)(H,42,43)/t19?,20-,23?,24?,28?/m0/s1. The zero-order valence-electron chi connectivity index (χ0n) is 24.7. The van der Waals surface area contributed by atoms with Crippen molar-refractivity contribution in [3.05, 3.63) is 29.8 Å². The maximum absolute atomic E-state index is 12.7. The number of hydrogen-bond acceptors (Lipinski definition) is 11. The van der Waals surface area contributed by atoms with Crippen molar-refractivity contribution in [1.29, 1.82) is 0 Å². The molecule has 0 spiro atoms. The van der Waals surface area contributed by atoms with E-state index in [1.165, 1.54) is 0 Å². The van der Waals surface area contributed by atoms with Gasteiger partial charge in [0.1, 0.15) is 18.4 Å². The minimum atomic E-state index is -1.22. The number of nitrogens with two attached hydrogens (primary N) is 1. The molecule has 2 heterocycles. The smallest absolute Gasteiger partial charge is 0.326 e. The zero-order chi connectivity index (χ0) is 31.9. The molecule has 2 saturated heterocycles. The monoisotopic (exact) mass is 619 g/mol. The summed E-state index contributed by atoms with van der Waals surface area (Å²) in [4.78, 5) is 59.8. The number of anilines is 1. The average molecular weight is 620 g/mol. The number of piperazine rings is 1. The second-order valence-corrected chi connectivity index (χ2v) is 11.0. The normalized spacial score (nSPS) is 21.7. The highest BCUT2D eigenvalue weighted by Crippen LogP contribution is 2.12. The van der Waals surface area contributed by atoms with Gasteiger partial charge in [0.05, 0.1) is 6.17 Å².